The fraction of sp³-hybridized carbons (Fsp3) is 0.389. The number of carbonyl (C=O) groups excluding carboxylic acids is 1. The van der Waals surface area contributed by atoms with E-state index in [1.165, 1.54) is 15.6 Å². The molecule has 1 aliphatic heterocycles. The predicted octanol–water partition coefficient (Wildman–Crippen LogP) is 3.01. The molecule has 29 heavy (non-hydrogen) atoms. The molecule has 0 radical (unpaired) electrons. The Bertz CT molecular complexity index is 1100. The highest BCUT2D eigenvalue weighted by molar-refractivity contribution is 7.89. The molecule has 3 aromatic heterocycles. The highest BCUT2D eigenvalue weighted by atomic mass is 32.2. The molecule has 0 saturated carbocycles. The lowest BCUT2D eigenvalue weighted by Crippen LogP contribution is -2.37. The average Bonchev–Trinajstić information content (AvgIpc) is 3.39. The molecular formula is C18H20N4O4S3. The minimum absolute atomic E-state index is 0.109. The zero-order valence-corrected chi connectivity index (χ0v) is 18.4. The van der Waals surface area contributed by atoms with Crippen molar-refractivity contribution in [1.29, 1.82) is 0 Å². The number of carbonyl (C=O) groups is 1. The van der Waals surface area contributed by atoms with Crippen LogP contribution in [0.15, 0.2) is 33.1 Å². The van der Waals surface area contributed by atoms with E-state index in [0.717, 1.165) is 9.88 Å². The van der Waals surface area contributed by atoms with Gasteiger partial charge in [0.1, 0.15) is 20.5 Å². The van der Waals surface area contributed by atoms with E-state index >= 15 is 0 Å². The van der Waals surface area contributed by atoms with Gasteiger partial charge in [0.05, 0.1) is 11.1 Å². The molecule has 0 spiro atoms. The molecule has 4 heterocycles. The maximum atomic E-state index is 13.0. The quantitative estimate of drug-likeness (QED) is 0.604. The Hall–Kier alpha value is -2.08. The summed E-state index contributed by atoms with van der Waals surface area (Å²) in [5, 5.41) is 6.55. The number of amides is 1. The number of aryl methyl sites for hydroxylation is 2. The SMILES string of the molecule is Cc1noc(C)c1S(=O)(=O)N1CCCN(C(=O)c2cnc(-c3cccs3)s2)CC1. The molecular weight excluding hydrogens is 432 g/mol. The molecule has 8 nitrogen and oxygen atoms in total. The zero-order valence-electron chi connectivity index (χ0n) is 16.0. The minimum atomic E-state index is -3.71. The average molecular weight is 453 g/mol. The van der Waals surface area contributed by atoms with E-state index in [9.17, 15) is 13.2 Å². The molecule has 154 valence electrons. The number of sulfonamides is 1. The summed E-state index contributed by atoms with van der Waals surface area (Å²) in [4.78, 5) is 20.7. The van der Waals surface area contributed by atoms with Gasteiger partial charge in [0.15, 0.2) is 5.76 Å². The van der Waals surface area contributed by atoms with Crippen LogP contribution < -0.4 is 0 Å². The lowest BCUT2D eigenvalue weighted by molar-refractivity contribution is 0.0769. The van der Waals surface area contributed by atoms with Gasteiger partial charge in [0.2, 0.25) is 10.0 Å². The summed E-state index contributed by atoms with van der Waals surface area (Å²) < 4.78 is 32.5. The van der Waals surface area contributed by atoms with Gasteiger partial charge in [-0.05, 0) is 31.7 Å². The number of aromatic nitrogens is 2. The van der Waals surface area contributed by atoms with Gasteiger partial charge in [-0.25, -0.2) is 13.4 Å². The summed E-state index contributed by atoms with van der Waals surface area (Å²) in [6.45, 7) is 4.61. The van der Waals surface area contributed by atoms with E-state index in [2.05, 4.69) is 10.1 Å². The molecule has 1 aliphatic rings. The van der Waals surface area contributed by atoms with E-state index in [1.807, 2.05) is 17.5 Å². The van der Waals surface area contributed by atoms with Gasteiger partial charge in [-0.1, -0.05) is 11.2 Å². The van der Waals surface area contributed by atoms with Crippen molar-refractivity contribution in [2.24, 2.45) is 0 Å². The van der Waals surface area contributed by atoms with Crippen molar-refractivity contribution in [2.45, 2.75) is 25.2 Å². The smallest absolute Gasteiger partial charge is 0.265 e. The number of hydrogen-bond acceptors (Lipinski definition) is 8. The van der Waals surface area contributed by atoms with Crippen LogP contribution >= 0.6 is 22.7 Å². The number of nitrogens with zero attached hydrogens (tertiary/aromatic N) is 4. The van der Waals surface area contributed by atoms with Crippen molar-refractivity contribution in [1.82, 2.24) is 19.3 Å². The Balaban J connectivity index is 1.48. The minimum Gasteiger partial charge on any atom is -0.360 e. The summed E-state index contributed by atoms with van der Waals surface area (Å²) >= 11 is 2.94. The summed E-state index contributed by atoms with van der Waals surface area (Å²) in [5.74, 6) is 0.173. The van der Waals surface area contributed by atoms with Gasteiger partial charge in [-0.15, -0.1) is 22.7 Å². The molecule has 0 aromatic carbocycles. The summed E-state index contributed by atoms with van der Waals surface area (Å²) in [5.41, 5.74) is 0.352. The molecule has 1 amide bonds. The van der Waals surface area contributed by atoms with Crippen LogP contribution in [-0.2, 0) is 10.0 Å². The zero-order chi connectivity index (χ0) is 20.6. The molecule has 0 atom stereocenters. The number of thiophene rings is 1. The molecule has 0 unspecified atom stereocenters. The summed E-state index contributed by atoms with van der Waals surface area (Å²) in [6, 6.07) is 3.92. The van der Waals surface area contributed by atoms with Gasteiger partial charge in [-0.2, -0.15) is 4.31 Å². The molecule has 1 fully saturated rings. The second-order valence-corrected chi connectivity index (χ2v) is 10.6. The van der Waals surface area contributed by atoms with Crippen molar-refractivity contribution in [3.63, 3.8) is 0 Å². The number of hydrogen-bond donors (Lipinski definition) is 0. The highest BCUT2D eigenvalue weighted by Crippen LogP contribution is 2.30. The van der Waals surface area contributed by atoms with Crippen LogP contribution in [0, 0.1) is 13.8 Å². The van der Waals surface area contributed by atoms with Gasteiger partial charge in [0, 0.05) is 26.2 Å². The molecule has 11 heteroatoms. The summed E-state index contributed by atoms with van der Waals surface area (Å²) in [6.07, 6.45) is 2.16. The van der Waals surface area contributed by atoms with Crippen molar-refractivity contribution in [2.75, 3.05) is 26.2 Å². The molecule has 3 aromatic rings. The van der Waals surface area contributed by atoms with Gasteiger partial charge >= 0.3 is 0 Å². The van der Waals surface area contributed by atoms with Crippen LogP contribution in [-0.4, -0.2) is 59.8 Å². The fourth-order valence-corrected chi connectivity index (χ4v) is 6.80. The van der Waals surface area contributed by atoms with Crippen LogP contribution in [0.4, 0.5) is 0 Å². The van der Waals surface area contributed by atoms with E-state index in [0.29, 0.717) is 36.6 Å². The van der Waals surface area contributed by atoms with Crippen LogP contribution in [0.2, 0.25) is 0 Å². The Labute approximate surface area is 176 Å². The summed E-state index contributed by atoms with van der Waals surface area (Å²) in [7, 11) is -3.71. The van der Waals surface area contributed by atoms with E-state index < -0.39 is 10.0 Å². The van der Waals surface area contributed by atoms with Gasteiger partial charge in [-0.3, -0.25) is 4.79 Å². The van der Waals surface area contributed by atoms with Crippen molar-refractivity contribution >= 4 is 38.6 Å². The predicted molar refractivity (Wildman–Crippen MR) is 111 cm³/mol. The van der Waals surface area contributed by atoms with Crippen LogP contribution in [0.1, 0.15) is 27.5 Å². The first-order valence-electron chi connectivity index (χ1n) is 9.10. The van der Waals surface area contributed by atoms with Gasteiger partial charge in [0.25, 0.3) is 5.91 Å². The molecule has 0 aliphatic carbocycles. The normalized spacial score (nSPS) is 16.1. The van der Waals surface area contributed by atoms with E-state index in [1.54, 1.807) is 36.3 Å². The van der Waals surface area contributed by atoms with E-state index in [-0.39, 0.29) is 23.1 Å². The van der Waals surface area contributed by atoms with Crippen LogP contribution in [0.3, 0.4) is 0 Å². The third kappa shape index (κ3) is 3.87. The largest absolute Gasteiger partial charge is 0.360 e. The second-order valence-electron chi connectivity index (χ2n) is 6.71. The van der Waals surface area contributed by atoms with Crippen LogP contribution in [0.25, 0.3) is 9.88 Å². The Morgan fingerprint density at radius 2 is 2.03 bits per heavy atom. The monoisotopic (exact) mass is 452 g/mol. The lowest BCUT2D eigenvalue weighted by atomic mass is 10.3. The molecule has 0 N–H and O–H groups in total. The topological polar surface area (TPSA) is 96.6 Å². The first kappa shape index (κ1) is 20.2. The van der Waals surface area contributed by atoms with Crippen molar-refractivity contribution in [3.8, 4) is 9.88 Å². The Morgan fingerprint density at radius 3 is 2.72 bits per heavy atom. The highest BCUT2D eigenvalue weighted by Gasteiger charge is 2.33. The van der Waals surface area contributed by atoms with E-state index in [4.69, 9.17) is 4.52 Å². The standard InChI is InChI=1S/C18H20N4O4S3/c1-12-16(13(2)26-20-12)29(24,25)22-7-4-6-21(8-9-22)18(23)15-11-19-17(28-15)14-5-3-10-27-14/h3,5,10-11H,4,6-9H2,1-2H3. The third-order valence-corrected chi connectivity index (χ3v) is 8.92. The second kappa shape index (κ2) is 7.98. The maximum Gasteiger partial charge on any atom is 0.265 e. The first-order chi connectivity index (χ1) is 13.9. The Morgan fingerprint density at radius 1 is 1.21 bits per heavy atom. The Kier molecular flexibility index (Phi) is 5.56. The molecule has 4 rings (SSSR count). The molecule has 1 saturated heterocycles. The third-order valence-electron chi connectivity index (χ3n) is 4.76. The van der Waals surface area contributed by atoms with Crippen LogP contribution in [0.5, 0.6) is 0 Å². The molecule has 0 bridgehead atoms. The van der Waals surface area contributed by atoms with Gasteiger partial charge < -0.3 is 9.42 Å². The van der Waals surface area contributed by atoms with Crippen molar-refractivity contribution < 1.29 is 17.7 Å². The maximum absolute atomic E-state index is 13.0. The first-order valence-corrected chi connectivity index (χ1v) is 12.2. The van der Waals surface area contributed by atoms with Crippen molar-refractivity contribution in [3.05, 3.63) is 40.0 Å². The fourth-order valence-electron chi connectivity index (χ4n) is 3.35. The number of rotatable bonds is 4. The lowest BCUT2D eigenvalue weighted by Gasteiger charge is -2.21. The number of thiazole rings is 1.